The fraction of sp³-hybridized carbons (Fsp3) is 0.250. The first-order chi connectivity index (χ1) is 4.25. The number of aldehydes is 1. The largest absolute Gasteiger partial charge is 0.296 e. The standard InChI is InChI=1S/C4H4BrN3O/c1-8-3(2-9)4(5)6-7-8/h2H,1H3. The Labute approximate surface area is 60.0 Å². The van der Waals surface area contributed by atoms with Crippen LogP contribution in [0.5, 0.6) is 0 Å². The lowest BCUT2D eigenvalue weighted by molar-refractivity contribution is 0.111. The van der Waals surface area contributed by atoms with Crippen LogP contribution in [-0.2, 0) is 7.05 Å². The summed E-state index contributed by atoms with van der Waals surface area (Å²) in [6, 6.07) is 0. The highest BCUT2D eigenvalue weighted by atomic mass is 79.9. The quantitative estimate of drug-likeness (QED) is 0.601. The van der Waals surface area contributed by atoms with Crippen molar-refractivity contribution in [2.45, 2.75) is 0 Å². The molecule has 0 unspecified atom stereocenters. The van der Waals surface area contributed by atoms with Gasteiger partial charge >= 0.3 is 0 Å². The van der Waals surface area contributed by atoms with Gasteiger partial charge in [0.15, 0.2) is 10.9 Å². The van der Waals surface area contributed by atoms with E-state index in [4.69, 9.17) is 0 Å². The van der Waals surface area contributed by atoms with E-state index in [2.05, 4.69) is 26.2 Å². The molecular formula is C4H4BrN3O. The fourth-order valence-corrected chi connectivity index (χ4v) is 0.885. The Kier molecular flexibility index (Phi) is 1.61. The maximum Gasteiger partial charge on any atom is 0.170 e. The highest BCUT2D eigenvalue weighted by Crippen LogP contribution is 2.07. The van der Waals surface area contributed by atoms with Gasteiger partial charge in [-0.3, -0.25) is 4.79 Å². The van der Waals surface area contributed by atoms with Crippen LogP contribution in [0.4, 0.5) is 0 Å². The van der Waals surface area contributed by atoms with Crippen molar-refractivity contribution in [3.8, 4) is 0 Å². The summed E-state index contributed by atoms with van der Waals surface area (Å²) >= 11 is 3.05. The lowest BCUT2D eigenvalue weighted by atomic mass is 10.5. The van der Waals surface area contributed by atoms with Gasteiger partial charge < -0.3 is 0 Å². The summed E-state index contributed by atoms with van der Waals surface area (Å²) in [5.74, 6) is 0. The Hall–Kier alpha value is -0.710. The van der Waals surface area contributed by atoms with Crippen LogP contribution < -0.4 is 0 Å². The number of aryl methyl sites for hydroxylation is 1. The van der Waals surface area contributed by atoms with Crippen LogP contribution in [0.2, 0.25) is 0 Å². The van der Waals surface area contributed by atoms with Gasteiger partial charge in [0, 0.05) is 7.05 Å². The summed E-state index contributed by atoms with van der Waals surface area (Å²) in [7, 11) is 1.65. The van der Waals surface area contributed by atoms with E-state index in [9.17, 15) is 4.79 Å². The van der Waals surface area contributed by atoms with E-state index < -0.39 is 0 Å². The number of halogens is 1. The van der Waals surface area contributed by atoms with E-state index in [0.717, 1.165) is 0 Å². The Bertz CT molecular complexity index is 212. The summed E-state index contributed by atoms with van der Waals surface area (Å²) in [5.41, 5.74) is 0.454. The second kappa shape index (κ2) is 2.26. The van der Waals surface area contributed by atoms with Crippen LogP contribution >= 0.6 is 15.9 Å². The predicted octanol–water partition coefficient (Wildman–Crippen LogP) is 0.390. The van der Waals surface area contributed by atoms with E-state index in [-0.39, 0.29) is 0 Å². The predicted molar refractivity (Wildman–Crippen MR) is 34.1 cm³/mol. The Morgan fingerprint density at radius 3 is 2.67 bits per heavy atom. The number of hydrogen-bond donors (Lipinski definition) is 0. The zero-order chi connectivity index (χ0) is 6.85. The molecule has 5 heteroatoms. The van der Waals surface area contributed by atoms with Gasteiger partial charge in [0.2, 0.25) is 0 Å². The number of carbonyl (C=O) groups excluding carboxylic acids is 1. The second-order valence-corrected chi connectivity index (χ2v) is 2.26. The Morgan fingerprint density at radius 2 is 2.44 bits per heavy atom. The van der Waals surface area contributed by atoms with Crippen molar-refractivity contribution in [2.24, 2.45) is 7.05 Å². The molecule has 0 atom stereocenters. The molecule has 0 spiro atoms. The van der Waals surface area contributed by atoms with E-state index in [1.54, 1.807) is 7.05 Å². The molecule has 0 saturated heterocycles. The molecule has 1 rings (SSSR count). The van der Waals surface area contributed by atoms with Crippen LogP contribution in [0.3, 0.4) is 0 Å². The summed E-state index contributed by atoms with van der Waals surface area (Å²) in [5, 5.41) is 7.16. The van der Waals surface area contributed by atoms with E-state index in [0.29, 0.717) is 16.6 Å². The highest BCUT2D eigenvalue weighted by Gasteiger charge is 2.03. The molecule has 0 amide bonds. The molecule has 0 bridgehead atoms. The van der Waals surface area contributed by atoms with Crippen molar-refractivity contribution >= 4 is 22.2 Å². The molecule has 4 nitrogen and oxygen atoms in total. The Morgan fingerprint density at radius 1 is 1.78 bits per heavy atom. The van der Waals surface area contributed by atoms with E-state index in [1.807, 2.05) is 0 Å². The first-order valence-corrected chi connectivity index (χ1v) is 3.05. The van der Waals surface area contributed by atoms with Crippen LogP contribution in [0.15, 0.2) is 4.60 Å². The molecule has 1 heterocycles. The number of aromatic nitrogens is 3. The van der Waals surface area contributed by atoms with Crippen LogP contribution in [0.25, 0.3) is 0 Å². The van der Waals surface area contributed by atoms with Crippen molar-refractivity contribution in [2.75, 3.05) is 0 Å². The van der Waals surface area contributed by atoms with Crippen LogP contribution in [0, 0.1) is 0 Å². The van der Waals surface area contributed by atoms with E-state index >= 15 is 0 Å². The van der Waals surface area contributed by atoms with Gasteiger partial charge in [-0.05, 0) is 15.9 Å². The minimum absolute atomic E-state index is 0.454. The molecule has 48 valence electrons. The van der Waals surface area contributed by atoms with Crippen molar-refractivity contribution < 1.29 is 4.79 Å². The summed E-state index contributed by atoms with van der Waals surface area (Å²) < 4.78 is 1.89. The molecule has 0 aliphatic carbocycles. The van der Waals surface area contributed by atoms with E-state index in [1.165, 1.54) is 4.68 Å². The van der Waals surface area contributed by atoms with Crippen molar-refractivity contribution in [3.63, 3.8) is 0 Å². The topological polar surface area (TPSA) is 47.8 Å². The first kappa shape index (κ1) is 6.41. The van der Waals surface area contributed by atoms with Gasteiger partial charge in [-0.1, -0.05) is 5.21 Å². The smallest absolute Gasteiger partial charge is 0.170 e. The van der Waals surface area contributed by atoms with Crippen molar-refractivity contribution in [1.82, 2.24) is 15.0 Å². The van der Waals surface area contributed by atoms with Gasteiger partial charge in [-0.25, -0.2) is 4.68 Å². The maximum atomic E-state index is 10.2. The normalized spacial score (nSPS) is 9.56. The molecular weight excluding hydrogens is 186 g/mol. The zero-order valence-corrected chi connectivity index (χ0v) is 6.29. The molecule has 0 saturated carbocycles. The number of carbonyl (C=O) groups is 1. The number of hydrogen-bond acceptors (Lipinski definition) is 3. The third kappa shape index (κ3) is 0.999. The number of nitrogens with zero attached hydrogens (tertiary/aromatic N) is 3. The van der Waals surface area contributed by atoms with Gasteiger partial charge in [0.1, 0.15) is 5.69 Å². The molecule has 9 heavy (non-hydrogen) atoms. The molecule has 1 aromatic heterocycles. The molecule has 0 N–H and O–H groups in total. The van der Waals surface area contributed by atoms with Gasteiger partial charge in [0.05, 0.1) is 0 Å². The summed E-state index contributed by atoms with van der Waals surface area (Å²) in [4.78, 5) is 10.2. The Balaban J connectivity index is 3.22. The zero-order valence-electron chi connectivity index (χ0n) is 4.71. The monoisotopic (exact) mass is 189 g/mol. The molecule has 0 fully saturated rings. The highest BCUT2D eigenvalue weighted by molar-refractivity contribution is 9.10. The molecule has 0 aromatic carbocycles. The average Bonchev–Trinajstić information content (AvgIpc) is 2.12. The third-order valence-electron chi connectivity index (χ3n) is 0.938. The lowest BCUT2D eigenvalue weighted by Gasteiger charge is -1.85. The van der Waals surface area contributed by atoms with Crippen molar-refractivity contribution in [3.05, 3.63) is 10.3 Å². The van der Waals surface area contributed by atoms with Gasteiger partial charge in [-0.15, -0.1) is 5.10 Å². The number of rotatable bonds is 1. The van der Waals surface area contributed by atoms with Crippen molar-refractivity contribution in [1.29, 1.82) is 0 Å². The maximum absolute atomic E-state index is 10.2. The summed E-state index contributed by atoms with van der Waals surface area (Å²) in [6.45, 7) is 0. The SMILES string of the molecule is Cn1nnc(Br)c1C=O. The van der Waals surface area contributed by atoms with Crippen LogP contribution in [0.1, 0.15) is 10.5 Å². The van der Waals surface area contributed by atoms with Gasteiger partial charge in [-0.2, -0.15) is 0 Å². The molecule has 1 aromatic rings. The van der Waals surface area contributed by atoms with Gasteiger partial charge in [0.25, 0.3) is 0 Å². The minimum atomic E-state index is 0.454. The second-order valence-electron chi connectivity index (χ2n) is 1.51. The first-order valence-electron chi connectivity index (χ1n) is 2.26. The summed E-state index contributed by atoms with van der Waals surface area (Å²) in [6.07, 6.45) is 0.698. The average molecular weight is 190 g/mol. The molecule has 0 aliphatic heterocycles. The molecule has 0 radical (unpaired) electrons. The third-order valence-corrected chi connectivity index (χ3v) is 1.50. The fourth-order valence-electron chi connectivity index (χ4n) is 0.464. The molecule has 0 aliphatic rings. The minimum Gasteiger partial charge on any atom is -0.296 e. The lowest BCUT2D eigenvalue weighted by Crippen LogP contribution is -1.95. The van der Waals surface area contributed by atoms with Crippen LogP contribution in [-0.4, -0.2) is 21.3 Å².